The van der Waals surface area contributed by atoms with E-state index in [1.807, 2.05) is 6.07 Å². The van der Waals surface area contributed by atoms with Gasteiger partial charge in [0.2, 0.25) is 0 Å². The fraction of sp³-hybridized carbons (Fsp3) is 0.474. The number of urea groups is 1. The zero-order valence-electron chi connectivity index (χ0n) is 15.9. The number of anilines is 1. The van der Waals surface area contributed by atoms with Crippen LogP contribution in [0.3, 0.4) is 0 Å². The molecule has 0 saturated carbocycles. The van der Waals surface area contributed by atoms with Crippen LogP contribution in [0.25, 0.3) is 0 Å². The van der Waals surface area contributed by atoms with Crippen LogP contribution in [0.2, 0.25) is 5.02 Å². The number of aromatic nitrogens is 1. The van der Waals surface area contributed by atoms with E-state index in [2.05, 4.69) is 24.3 Å². The van der Waals surface area contributed by atoms with Crippen LogP contribution in [0, 0.1) is 0 Å². The maximum absolute atomic E-state index is 12.9. The molecular formula is C19H24ClN3O4. The number of halogens is 1. The molecule has 1 aliphatic heterocycles. The third kappa shape index (κ3) is 3.98. The minimum Gasteiger partial charge on any atom is -0.495 e. The van der Waals surface area contributed by atoms with Gasteiger partial charge in [0.15, 0.2) is 5.76 Å². The molecule has 146 valence electrons. The van der Waals surface area contributed by atoms with E-state index in [-0.39, 0.29) is 18.0 Å². The number of likely N-dealkylation sites (tertiary alicyclic amines) is 1. The van der Waals surface area contributed by atoms with Gasteiger partial charge in [0.1, 0.15) is 11.5 Å². The Morgan fingerprint density at radius 1 is 1.30 bits per heavy atom. The standard InChI is InChI=1S/C19H24ClN3O4/c1-11(2)13-9-18(27-22-13)15-6-5-7-23(15)19(24)21-14-8-12(20)16(25-3)10-17(14)26-4/h8-11,15H,5-7H2,1-4H3,(H,21,24). The molecule has 1 fully saturated rings. The molecule has 1 unspecified atom stereocenters. The summed E-state index contributed by atoms with van der Waals surface area (Å²) < 4.78 is 16.0. The number of hydrogen-bond acceptors (Lipinski definition) is 5. The molecule has 2 heterocycles. The molecule has 27 heavy (non-hydrogen) atoms. The average molecular weight is 394 g/mol. The first-order chi connectivity index (χ1) is 12.9. The second-order valence-electron chi connectivity index (χ2n) is 6.78. The molecule has 7 nitrogen and oxygen atoms in total. The average Bonchev–Trinajstić information content (AvgIpc) is 3.31. The molecular weight excluding hydrogens is 370 g/mol. The van der Waals surface area contributed by atoms with Crippen LogP contribution in [-0.4, -0.2) is 36.9 Å². The maximum atomic E-state index is 12.9. The minimum absolute atomic E-state index is 0.135. The minimum atomic E-state index is -0.237. The van der Waals surface area contributed by atoms with Crippen molar-refractivity contribution in [3.8, 4) is 11.5 Å². The van der Waals surface area contributed by atoms with Gasteiger partial charge >= 0.3 is 6.03 Å². The second kappa shape index (κ2) is 8.08. The molecule has 0 bridgehead atoms. The van der Waals surface area contributed by atoms with Crippen molar-refractivity contribution in [2.45, 2.75) is 38.6 Å². The lowest BCUT2D eigenvalue weighted by atomic mass is 10.1. The number of methoxy groups -OCH3 is 2. The number of benzene rings is 1. The van der Waals surface area contributed by atoms with Crippen LogP contribution in [0.1, 0.15) is 50.1 Å². The third-order valence-electron chi connectivity index (χ3n) is 4.70. The van der Waals surface area contributed by atoms with Crippen molar-refractivity contribution in [1.82, 2.24) is 10.1 Å². The first-order valence-corrected chi connectivity index (χ1v) is 9.28. The van der Waals surface area contributed by atoms with Gasteiger partial charge in [-0.2, -0.15) is 0 Å². The second-order valence-corrected chi connectivity index (χ2v) is 7.18. The van der Waals surface area contributed by atoms with Crippen LogP contribution < -0.4 is 14.8 Å². The molecule has 1 atom stereocenters. The van der Waals surface area contributed by atoms with Crippen molar-refractivity contribution in [3.05, 3.63) is 34.7 Å². The van der Waals surface area contributed by atoms with E-state index in [1.54, 1.807) is 17.0 Å². The van der Waals surface area contributed by atoms with Gasteiger partial charge in [0.25, 0.3) is 0 Å². The summed E-state index contributed by atoms with van der Waals surface area (Å²) in [6.07, 6.45) is 1.73. The van der Waals surface area contributed by atoms with Crippen LogP contribution in [0.15, 0.2) is 22.7 Å². The predicted molar refractivity (Wildman–Crippen MR) is 103 cm³/mol. The summed E-state index contributed by atoms with van der Waals surface area (Å²) in [4.78, 5) is 14.6. The van der Waals surface area contributed by atoms with Crippen LogP contribution in [0.4, 0.5) is 10.5 Å². The Hall–Kier alpha value is -2.41. The highest BCUT2D eigenvalue weighted by molar-refractivity contribution is 6.32. The Morgan fingerprint density at radius 3 is 2.67 bits per heavy atom. The van der Waals surface area contributed by atoms with Gasteiger partial charge in [-0.3, -0.25) is 0 Å². The molecule has 0 spiro atoms. The molecule has 2 aromatic rings. The van der Waals surface area contributed by atoms with E-state index in [0.717, 1.165) is 18.5 Å². The van der Waals surface area contributed by atoms with E-state index < -0.39 is 0 Å². The van der Waals surface area contributed by atoms with Crippen LogP contribution >= 0.6 is 11.6 Å². The van der Waals surface area contributed by atoms with Crippen molar-refractivity contribution >= 4 is 23.3 Å². The van der Waals surface area contributed by atoms with Gasteiger partial charge in [-0.05, 0) is 24.8 Å². The number of hydrogen-bond donors (Lipinski definition) is 1. The number of nitrogens with one attached hydrogen (secondary N) is 1. The van der Waals surface area contributed by atoms with Gasteiger partial charge in [-0.1, -0.05) is 30.6 Å². The van der Waals surface area contributed by atoms with Gasteiger partial charge < -0.3 is 24.2 Å². The summed E-state index contributed by atoms with van der Waals surface area (Å²) in [5, 5.41) is 7.39. The van der Waals surface area contributed by atoms with Crippen molar-refractivity contribution in [2.75, 3.05) is 26.1 Å². The van der Waals surface area contributed by atoms with Gasteiger partial charge in [0, 0.05) is 18.7 Å². The monoisotopic (exact) mass is 393 g/mol. The number of carbonyl (C=O) groups is 1. The molecule has 8 heteroatoms. The Kier molecular flexibility index (Phi) is 5.79. The van der Waals surface area contributed by atoms with Crippen molar-refractivity contribution in [2.24, 2.45) is 0 Å². The first-order valence-electron chi connectivity index (χ1n) is 8.90. The lowest BCUT2D eigenvalue weighted by Gasteiger charge is -2.23. The van der Waals surface area contributed by atoms with Gasteiger partial charge in [-0.15, -0.1) is 0 Å². The summed E-state index contributed by atoms with van der Waals surface area (Å²) in [5.41, 5.74) is 1.38. The smallest absolute Gasteiger partial charge is 0.322 e. The lowest BCUT2D eigenvalue weighted by Crippen LogP contribution is -2.34. The molecule has 1 saturated heterocycles. The van der Waals surface area contributed by atoms with Crippen molar-refractivity contribution < 1.29 is 18.8 Å². The van der Waals surface area contributed by atoms with E-state index >= 15 is 0 Å². The number of ether oxygens (including phenoxy) is 2. The van der Waals surface area contributed by atoms with E-state index in [0.29, 0.717) is 34.5 Å². The number of amides is 2. The molecule has 3 rings (SSSR count). The fourth-order valence-electron chi connectivity index (χ4n) is 3.18. The van der Waals surface area contributed by atoms with E-state index in [4.69, 9.17) is 25.6 Å². The summed E-state index contributed by atoms with van der Waals surface area (Å²) in [7, 11) is 3.05. The SMILES string of the molecule is COc1cc(OC)c(NC(=O)N2CCCC2c2cc(C(C)C)no2)cc1Cl. The third-order valence-corrected chi connectivity index (χ3v) is 4.99. The molecule has 1 N–H and O–H groups in total. The Bertz CT molecular complexity index is 821. The predicted octanol–water partition coefficient (Wildman–Crippen LogP) is 4.84. The highest BCUT2D eigenvalue weighted by Crippen LogP contribution is 2.38. The summed E-state index contributed by atoms with van der Waals surface area (Å²) in [6.45, 7) is 4.75. The number of rotatable bonds is 5. The zero-order chi connectivity index (χ0) is 19.6. The number of nitrogens with zero attached hydrogens (tertiary/aromatic N) is 2. The van der Waals surface area contributed by atoms with E-state index in [9.17, 15) is 4.79 Å². The van der Waals surface area contributed by atoms with Crippen LogP contribution in [0.5, 0.6) is 11.5 Å². The highest BCUT2D eigenvalue weighted by Gasteiger charge is 2.33. The van der Waals surface area contributed by atoms with E-state index in [1.165, 1.54) is 14.2 Å². The quantitative estimate of drug-likeness (QED) is 0.786. The van der Waals surface area contributed by atoms with Crippen LogP contribution in [-0.2, 0) is 0 Å². The molecule has 0 aliphatic carbocycles. The molecule has 1 aliphatic rings. The largest absolute Gasteiger partial charge is 0.495 e. The molecule has 1 aromatic carbocycles. The fourth-order valence-corrected chi connectivity index (χ4v) is 3.42. The maximum Gasteiger partial charge on any atom is 0.322 e. The summed E-state index contributed by atoms with van der Waals surface area (Å²) >= 11 is 6.19. The number of carbonyl (C=O) groups excluding carboxylic acids is 1. The Morgan fingerprint density at radius 2 is 2.04 bits per heavy atom. The van der Waals surface area contributed by atoms with Gasteiger partial charge in [0.05, 0.1) is 36.7 Å². The normalized spacial score (nSPS) is 16.7. The molecule has 2 amide bonds. The van der Waals surface area contributed by atoms with Crippen molar-refractivity contribution in [1.29, 1.82) is 0 Å². The molecule has 1 aromatic heterocycles. The first kappa shape index (κ1) is 19.4. The van der Waals surface area contributed by atoms with Crippen molar-refractivity contribution in [3.63, 3.8) is 0 Å². The topological polar surface area (TPSA) is 76.8 Å². The highest BCUT2D eigenvalue weighted by atomic mass is 35.5. The Balaban J connectivity index is 1.79. The molecule has 0 radical (unpaired) electrons. The Labute approximate surface area is 163 Å². The summed E-state index contributed by atoms with van der Waals surface area (Å²) in [6, 6.07) is 4.83. The van der Waals surface area contributed by atoms with Gasteiger partial charge in [-0.25, -0.2) is 4.79 Å². The lowest BCUT2D eigenvalue weighted by molar-refractivity contribution is 0.195. The zero-order valence-corrected chi connectivity index (χ0v) is 16.7. The summed E-state index contributed by atoms with van der Waals surface area (Å²) in [5.74, 6) is 1.94.